The van der Waals surface area contributed by atoms with Gasteiger partial charge in [-0.1, -0.05) is 30.3 Å². The van der Waals surface area contributed by atoms with Gasteiger partial charge in [0.1, 0.15) is 11.6 Å². The van der Waals surface area contributed by atoms with Crippen LogP contribution in [0.15, 0.2) is 42.7 Å². The van der Waals surface area contributed by atoms with Crippen LogP contribution in [-0.4, -0.2) is 20.0 Å². The van der Waals surface area contributed by atoms with Crippen LogP contribution in [0.3, 0.4) is 0 Å². The first-order valence-corrected chi connectivity index (χ1v) is 7.25. The fourth-order valence-electron chi connectivity index (χ4n) is 2.25. The monoisotopic (exact) mass is 304 g/mol. The lowest BCUT2D eigenvalue weighted by atomic mass is 10.1. The van der Waals surface area contributed by atoms with E-state index in [9.17, 15) is 5.26 Å². The first-order chi connectivity index (χ1) is 11.2. The van der Waals surface area contributed by atoms with Crippen LogP contribution in [0.4, 0.5) is 11.5 Å². The molecule has 3 rings (SSSR count). The van der Waals surface area contributed by atoms with Gasteiger partial charge in [-0.3, -0.25) is 4.68 Å². The highest BCUT2D eigenvalue weighted by Crippen LogP contribution is 2.21. The van der Waals surface area contributed by atoms with Crippen molar-refractivity contribution in [1.82, 2.24) is 20.0 Å². The number of benzene rings is 1. The molecule has 1 N–H and O–H groups in total. The Kier molecular flexibility index (Phi) is 4.02. The van der Waals surface area contributed by atoms with E-state index in [1.54, 1.807) is 6.20 Å². The van der Waals surface area contributed by atoms with E-state index < -0.39 is 0 Å². The number of nitriles is 1. The van der Waals surface area contributed by atoms with Crippen molar-refractivity contribution >= 4 is 11.5 Å². The number of hydrogen-bond acceptors (Lipinski definition) is 5. The Labute approximate surface area is 134 Å². The minimum absolute atomic E-state index is 0.454. The summed E-state index contributed by atoms with van der Waals surface area (Å²) < 4.78 is 1.83. The van der Waals surface area contributed by atoms with E-state index in [0.29, 0.717) is 17.9 Å². The number of rotatable bonds is 4. The van der Waals surface area contributed by atoms with Crippen molar-refractivity contribution in [2.75, 3.05) is 5.32 Å². The molecule has 2 aromatic heterocycles. The highest BCUT2D eigenvalue weighted by Gasteiger charge is 2.11. The largest absolute Gasteiger partial charge is 0.335 e. The molecule has 6 nitrogen and oxygen atoms in total. The SMILES string of the molecule is Cc1nnc(Nc2cnn(Cc3ccccc3)c2)c(C#N)c1C. The fraction of sp³-hybridized carbons (Fsp3) is 0.176. The lowest BCUT2D eigenvalue weighted by Crippen LogP contribution is -2.03. The molecule has 0 radical (unpaired) electrons. The Morgan fingerprint density at radius 3 is 2.70 bits per heavy atom. The molecule has 23 heavy (non-hydrogen) atoms. The van der Waals surface area contributed by atoms with E-state index in [-0.39, 0.29) is 0 Å². The summed E-state index contributed by atoms with van der Waals surface area (Å²) in [6, 6.07) is 12.3. The van der Waals surface area contributed by atoms with E-state index in [1.807, 2.05) is 42.9 Å². The normalized spacial score (nSPS) is 10.3. The molecule has 0 unspecified atom stereocenters. The van der Waals surface area contributed by atoms with Crippen LogP contribution in [0.2, 0.25) is 0 Å². The molecule has 0 aliphatic heterocycles. The zero-order valence-corrected chi connectivity index (χ0v) is 13.0. The summed E-state index contributed by atoms with van der Waals surface area (Å²) in [5, 5.41) is 24.9. The standard InChI is InChI=1S/C17H16N6/c1-12-13(2)21-22-17(16(12)8-18)20-15-9-19-23(11-15)10-14-6-4-3-5-7-14/h3-7,9,11H,10H2,1-2H3,(H,20,22). The summed E-state index contributed by atoms with van der Waals surface area (Å²) in [7, 11) is 0. The van der Waals surface area contributed by atoms with Crippen molar-refractivity contribution in [2.45, 2.75) is 20.4 Å². The molecule has 0 aliphatic carbocycles. The molecule has 0 bridgehead atoms. The first-order valence-electron chi connectivity index (χ1n) is 7.25. The summed E-state index contributed by atoms with van der Waals surface area (Å²) >= 11 is 0. The maximum Gasteiger partial charge on any atom is 0.171 e. The molecule has 0 spiro atoms. The van der Waals surface area contributed by atoms with Gasteiger partial charge in [-0.15, -0.1) is 5.10 Å². The zero-order valence-electron chi connectivity index (χ0n) is 13.0. The van der Waals surface area contributed by atoms with Crippen molar-refractivity contribution < 1.29 is 0 Å². The number of aromatic nitrogens is 4. The third kappa shape index (κ3) is 3.19. The predicted octanol–water partition coefficient (Wildman–Crippen LogP) is 2.95. The third-order valence-electron chi connectivity index (χ3n) is 3.65. The molecule has 114 valence electrons. The highest BCUT2D eigenvalue weighted by atomic mass is 15.3. The Balaban J connectivity index is 1.80. The summed E-state index contributed by atoms with van der Waals surface area (Å²) in [6.45, 7) is 4.39. The molecule has 0 fully saturated rings. The Morgan fingerprint density at radius 2 is 1.96 bits per heavy atom. The van der Waals surface area contributed by atoms with Crippen LogP contribution in [-0.2, 0) is 6.54 Å². The van der Waals surface area contributed by atoms with E-state index >= 15 is 0 Å². The molecule has 6 heteroatoms. The second-order valence-electron chi connectivity index (χ2n) is 5.28. The van der Waals surface area contributed by atoms with Gasteiger partial charge in [0, 0.05) is 6.20 Å². The topological polar surface area (TPSA) is 79.4 Å². The van der Waals surface area contributed by atoms with Crippen LogP contribution in [0, 0.1) is 25.2 Å². The van der Waals surface area contributed by atoms with Crippen LogP contribution in [0.1, 0.15) is 22.4 Å². The van der Waals surface area contributed by atoms with Crippen LogP contribution >= 0.6 is 0 Å². The van der Waals surface area contributed by atoms with Crippen molar-refractivity contribution in [3.8, 4) is 6.07 Å². The van der Waals surface area contributed by atoms with Gasteiger partial charge in [-0.05, 0) is 25.0 Å². The van der Waals surface area contributed by atoms with E-state index in [4.69, 9.17) is 0 Å². The minimum Gasteiger partial charge on any atom is -0.335 e. The second-order valence-corrected chi connectivity index (χ2v) is 5.28. The molecule has 3 aromatic rings. The highest BCUT2D eigenvalue weighted by molar-refractivity contribution is 5.63. The maximum absolute atomic E-state index is 9.32. The lowest BCUT2D eigenvalue weighted by Gasteiger charge is -2.07. The van der Waals surface area contributed by atoms with Gasteiger partial charge in [0.15, 0.2) is 5.82 Å². The summed E-state index contributed by atoms with van der Waals surface area (Å²) in [4.78, 5) is 0. The Morgan fingerprint density at radius 1 is 1.17 bits per heavy atom. The van der Waals surface area contributed by atoms with Crippen LogP contribution < -0.4 is 5.32 Å². The smallest absolute Gasteiger partial charge is 0.171 e. The van der Waals surface area contributed by atoms with Gasteiger partial charge in [-0.2, -0.15) is 15.5 Å². The second kappa shape index (κ2) is 6.28. The molecular weight excluding hydrogens is 288 g/mol. The lowest BCUT2D eigenvalue weighted by molar-refractivity contribution is 0.687. The number of hydrogen-bond donors (Lipinski definition) is 1. The van der Waals surface area contributed by atoms with E-state index in [0.717, 1.165) is 16.9 Å². The van der Waals surface area contributed by atoms with Gasteiger partial charge in [0.05, 0.1) is 24.1 Å². The fourth-order valence-corrected chi connectivity index (χ4v) is 2.25. The summed E-state index contributed by atoms with van der Waals surface area (Å²) in [6.07, 6.45) is 3.59. The number of nitrogens with one attached hydrogen (secondary N) is 1. The van der Waals surface area contributed by atoms with Gasteiger partial charge in [-0.25, -0.2) is 0 Å². The van der Waals surface area contributed by atoms with Crippen molar-refractivity contribution in [3.05, 3.63) is 65.1 Å². The average Bonchev–Trinajstić information content (AvgIpc) is 2.99. The van der Waals surface area contributed by atoms with Crippen LogP contribution in [0.25, 0.3) is 0 Å². The molecule has 1 aromatic carbocycles. The van der Waals surface area contributed by atoms with Crippen LogP contribution in [0.5, 0.6) is 0 Å². The molecule has 0 saturated carbocycles. The molecule has 0 saturated heterocycles. The van der Waals surface area contributed by atoms with Crippen molar-refractivity contribution in [3.63, 3.8) is 0 Å². The van der Waals surface area contributed by atoms with Crippen molar-refractivity contribution in [2.24, 2.45) is 0 Å². The van der Waals surface area contributed by atoms with Gasteiger partial charge >= 0.3 is 0 Å². The number of aryl methyl sites for hydroxylation is 1. The number of nitrogens with zero attached hydrogens (tertiary/aromatic N) is 5. The molecular formula is C17H16N6. The molecule has 0 atom stereocenters. The Hall–Kier alpha value is -3.20. The van der Waals surface area contributed by atoms with Gasteiger partial charge in [0.25, 0.3) is 0 Å². The van der Waals surface area contributed by atoms with Gasteiger partial charge < -0.3 is 5.32 Å². The quantitative estimate of drug-likeness (QED) is 0.801. The first kappa shape index (κ1) is 14.7. The Bertz CT molecular complexity index is 861. The minimum atomic E-state index is 0.454. The predicted molar refractivity (Wildman–Crippen MR) is 87.3 cm³/mol. The van der Waals surface area contributed by atoms with E-state index in [2.05, 4.69) is 38.8 Å². The van der Waals surface area contributed by atoms with E-state index in [1.165, 1.54) is 5.56 Å². The number of anilines is 2. The van der Waals surface area contributed by atoms with Gasteiger partial charge in [0.2, 0.25) is 0 Å². The molecule has 0 amide bonds. The maximum atomic E-state index is 9.32. The zero-order chi connectivity index (χ0) is 16.2. The summed E-state index contributed by atoms with van der Waals surface area (Å²) in [5.41, 5.74) is 4.04. The molecule has 2 heterocycles. The third-order valence-corrected chi connectivity index (χ3v) is 3.65. The van der Waals surface area contributed by atoms with Crippen molar-refractivity contribution in [1.29, 1.82) is 5.26 Å². The summed E-state index contributed by atoms with van der Waals surface area (Å²) in [5.74, 6) is 0.454. The molecule has 0 aliphatic rings. The average molecular weight is 304 g/mol.